The molecule has 0 N–H and O–H groups in total. The van der Waals surface area contributed by atoms with Gasteiger partial charge in [0, 0.05) is 0 Å². The van der Waals surface area contributed by atoms with Crippen molar-refractivity contribution in [1.29, 1.82) is 0 Å². The van der Waals surface area contributed by atoms with Crippen molar-refractivity contribution in [2.24, 2.45) is 0 Å². The Morgan fingerprint density at radius 1 is 0.500 bits per heavy atom. The third-order valence-electron chi connectivity index (χ3n) is 7.16. The number of hydrogen-bond donors (Lipinski definition) is 0. The van der Waals surface area contributed by atoms with Crippen LogP contribution < -0.4 is 0 Å². The molecule has 0 bridgehead atoms. The Bertz CT molecular complexity index is 1090. The Labute approximate surface area is 188 Å². The highest BCUT2D eigenvalue weighted by Crippen LogP contribution is 2.49. The fourth-order valence-electron chi connectivity index (χ4n) is 6.01. The first-order valence-corrected chi connectivity index (χ1v) is 11.0. The normalized spacial score (nSPS) is 23.1. The van der Waals surface area contributed by atoms with Crippen molar-refractivity contribution in [3.8, 4) is 0 Å². The molecule has 0 aliphatic carbocycles. The van der Waals surface area contributed by atoms with Crippen LogP contribution in [0, 0.1) is 0 Å². The van der Waals surface area contributed by atoms with Crippen LogP contribution in [0.2, 0.25) is 0 Å². The van der Waals surface area contributed by atoms with Crippen LogP contribution in [-0.2, 0) is 31.8 Å². The summed E-state index contributed by atoms with van der Waals surface area (Å²) in [5.41, 5.74) is 5.34. The molecule has 2 aliphatic heterocycles. The van der Waals surface area contributed by atoms with Gasteiger partial charge in [-0.15, -0.1) is 0 Å². The third-order valence-corrected chi connectivity index (χ3v) is 7.16. The highest BCUT2D eigenvalue weighted by atomic mass is 16.7. The second kappa shape index (κ2) is 6.20. The van der Waals surface area contributed by atoms with Gasteiger partial charge in [0.25, 0.3) is 0 Å². The second-order valence-corrected chi connectivity index (χ2v) is 10.9. The van der Waals surface area contributed by atoms with E-state index >= 15 is 0 Å². The highest BCUT2D eigenvalue weighted by Gasteiger charge is 2.54. The van der Waals surface area contributed by atoms with Crippen LogP contribution in [0.3, 0.4) is 0 Å². The second-order valence-electron chi connectivity index (χ2n) is 10.9. The quantitative estimate of drug-likeness (QED) is 0.552. The molecule has 8 nitrogen and oxygen atoms in total. The van der Waals surface area contributed by atoms with Crippen molar-refractivity contribution in [3.63, 3.8) is 0 Å². The predicted molar refractivity (Wildman–Crippen MR) is 122 cm³/mol. The average Bonchev–Trinajstić information content (AvgIpc) is 2.94. The SMILES string of the molecule is CON1C(C)(C)c2nc3cc4nc5c(nc4cc3nc2C1(C)C)C(C)(C)N(OC)C5(C)C. The van der Waals surface area contributed by atoms with Gasteiger partial charge in [-0.1, -0.05) is 0 Å². The van der Waals surface area contributed by atoms with E-state index in [0.29, 0.717) is 0 Å². The van der Waals surface area contributed by atoms with Gasteiger partial charge in [0.2, 0.25) is 0 Å². The third kappa shape index (κ3) is 2.46. The Morgan fingerprint density at radius 2 is 0.719 bits per heavy atom. The van der Waals surface area contributed by atoms with E-state index in [-0.39, 0.29) is 0 Å². The highest BCUT2D eigenvalue weighted by molar-refractivity contribution is 5.91. The number of nitrogens with zero attached hydrogens (tertiary/aromatic N) is 6. The van der Waals surface area contributed by atoms with Crippen molar-refractivity contribution < 1.29 is 9.68 Å². The van der Waals surface area contributed by atoms with Crippen LogP contribution >= 0.6 is 0 Å². The van der Waals surface area contributed by atoms with Gasteiger partial charge in [-0.3, -0.25) is 0 Å². The van der Waals surface area contributed by atoms with E-state index < -0.39 is 22.2 Å². The Kier molecular flexibility index (Phi) is 4.18. The topological polar surface area (TPSA) is 76.5 Å². The first-order valence-electron chi connectivity index (χ1n) is 11.0. The molecule has 0 atom stereocenters. The molecule has 0 amide bonds. The number of benzene rings is 1. The van der Waals surface area contributed by atoms with Crippen LogP contribution in [0.15, 0.2) is 12.1 Å². The van der Waals surface area contributed by atoms with Gasteiger partial charge >= 0.3 is 0 Å². The molecule has 8 heteroatoms. The lowest BCUT2D eigenvalue weighted by Crippen LogP contribution is -2.44. The largest absolute Gasteiger partial charge is 0.300 e. The molecule has 0 radical (unpaired) electrons. The van der Waals surface area contributed by atoms with Crippen LogP contribution in [0.1, 0.15) is 78.2 Å². The smallest absolute Gasteiger partial charge is 0.0914 e. The Hall–Kier alpha value is -2.26. The maximum Gasteiger partial charge on any atom is 0.0914 e. The first-order chi connectivity index (χ1) is 14.8. The summed E-state index contributed by atoms with van der Waals surface area (Å²) >= 11 is 0. The zero-order valence-corrected chi connectivity index (χ0v) is 20.7. The van der Waals surface area contributed by atoms with Gasteiger partial charge in [-0.2, -0.15) is 10.1 Å². The lowest BCUT2D eigenvalue weighted by atomic mass is 9.99. The fraction of sp³-hybridized carbons (Fsp3) is 0.583. The van der Waals surface area contributed by atoms with Crippen molar-refractivity contribution >= 4 is 22.1 Å². The predicted octanol–water partition coefficient (Wildman–Crippen LogP) is 4.27. The van der Waals surface area contributed by atoms with Crippen molar-refractivity contribution in [1.82, 2.24) is 30.1 Å². The molecule has 3 aromatic rings. The van der Waals surface area contributed by atoms with E-state index in [9.17, 15) is 0 Å². The van der Waals surface area contributed by atoms with Crippen LogP contribution in [0.25, 0.3) is 22.1 Å². The molecule has 0 fully saturated rings. The number of rotatable bonds is 2. The zero-order chi connectivity index (χ0) is 23.4. The number of hydrogen-bond acceptors (Lipinski definition) is 8. The lowest BCUT2D eigenvalue weighted by Gasteiger charge is -2.37. The monoisotopic (exact) mass is 436 g/mol. The van der Waals surface area contributed by atoms with Crippen molar-refractivity contribution in [2.45, 2.75) is 77.5 Å². The summed E-state index contributed by atoms with van der Waals surface area (Å²) in [4.78, 5) is 31.7. The zero-order valence-electron chi connectivity index (χ0n) is 20.7. The molecule has 2 aromatic heterocycles. The molecule has 4 heterocycles. The molecule has 0 saturated heterocycles. The lowest BCUT2D eigenvalue weighted by molar-refractivity contribution is -0.242. The minimum atomic E-state index is -0.404. The molecule has 2 aliphatic rings. The van der Waals surface area contributed by atoms with E-state index in [0.717, 1.165) is 44.8 Å². The molecular weight excluding hydrogens is 404 g/mol. The van der Waals surface area contributed by atoms with Gasteiger partial charge in [-0.05, 0) is 67.5 Å². The molecule has 1 aromatic carbocycles. The minimum absolute atomic E-state index is 0.404. The summed E-state index contributed by atoms with van der Waals surface area (Å²) in [7, 11) is 3.40. The fourth-order valence-corrected chi connectivity index (χ4v) is 6.01. The molecular formula is C24H32N6O2. The van der Waals surface area contributed by atoms with Crippen LogP contribution in [0.5, 0.6) is 0 Å². The number of aromatic nitrogens is 4. The van der Waals surface area contributed by atoms with E-state index in [1.54, 1.807) is 14.2 Å². The molecule has 0 saturated carbocycles. The summed E-state index contributed by atoms with van der Waals surface area (Å²) in [5, 5.41) is 3.94. The standard InChI is InChI=1S/C24H32N6O2/c1-21(2)17-18(22(3,4)29(21)31-9)26-14-12-16-15(11-13(14)25-17)27-19-20(28-16)24(7,8)30(32-10)23(19,5)6/h11-12H,1-10H3. The maximum absolute atomic E-state index is 5.76. The number of hydroxylamine groups is 4. The summed E-state index contributed by atoms with van der Waals surface area (Å²) in [5.74, 6) is 0. The van der Waals surface area contributed by atoms with E-state index in [2.05, 4.69) is 55.4 Å². The van der Waals surface area contributed by atoms with Gasteiger partial charge < -0.3 is 9.68 Å². The summed E-state index contributed by atoms with van der Waals surface area (Å²) < 4.78 is 0. The molecule has 5 rings (SSSR count). The summed E-state index contributed by atoms with van der Waals surface area (Å²) in [6.45, 7) is 16.9. The van der Waals surface area contributed by atoms with Gasteiger partial charge in [0.05, 0.1) is 81.2 Å². The van der Waals surface area contributed by atoms with Crippen molar-refractivity contribution in [2.75, 3.05) is 14.2 Å². The molecule has 32 heavy (non-hydrogen) atoms. The molecule has 0 spiro atoms. The Balaban J connectivity index is 1.78. The van der Waals surface area contributed by atoms with E-state index in [1.807, 2.05) is 22.3 Å². The minimum Gasteiger partial charge on any atom is -0.300 e. The maximum atomic E-state index is 5.76. The summed E-state index contributed by atoms with van der Waals surface area (Å²) in [6.07, 6.45) is 0. The Morgan fingerprint density at radius 3 is 0.906 bits per heavy atom. The van der Waals surface area contributed by atoms with E-state index in [4.69, 9.17) is 29.6 Å². The van der Waals surface area contributed by atoms with Gasteiger partial charge in [0.15, 0.2) is 0 Å². The number of fused-ring (bicyclic) bond motifs is 4. The van der Waals surface area contributed by atoms with E-state index in [1.165, 1.54) is 0 Å². The molecule has 170 valence electrons. The van der Waals surface area contributed by atoms with Crippen LogP contribution in [0.4, 0.5) is 0 Å². The van der Waals surface area contributed by atoms with Crippen molar-refractivity contribution in [3.05, 3.63) is 34.9 Å². The molecule has 0 unspecified atom stereocenters. The van der Waals surface area contributed by atoms with Gasteiger partial charge in [0.1, 0.15) is 0 Å². The first kappa shape index (κ1) is 21.6. The van der Waals surface area contributed by atoms with Gasteiger partial charge in [-0.25, -0.2) is 19.9 Å². The average molecular weight is 437 g/mol. The summed E-state index contributed by atoms with van der Waals surface area (Å²) in [6, 6.07) is 4.00. The van der Waals surface area contributed by atoms with Crippen LogP contribution in [-0.4, -0.2) is 44.3 Å².